The predicted octanol–water partition coefficient (Wildman–Crippen LogP) is 5.34. The molecule has 1 amide bonds. The van der Waals surface area contributed by atoms with Gasteiger partial charge in [0.05, 0.1) is 25.6 Å². The molecule has 0 bridgehead atoms. The summed E-state index contributed by atoms with van der Waals surface area (Å²) in [5, 5.41) is 2.70. The van der Waals surface area contributed by atoms with Crippen molar-refractivity contribution < 1.29 is 23.8 Å². The number of carbonyl (C=O) groups is 2. The molecule has 7 nitrogen and oxygen atoms in total. The molecule has 1 N–H and O–H groups in total. The molecule has 3 rings (SSSR count). The van der Waals surface area contributed by atoms with Crippen molar-refractivity contribution in [1.29, 1.82) is 0 Å². The number of hydrogen-bond acceptors (Lipinski definition) is 6. The Balaban J connectivity index is 1.64. The van der Waals surface area contributed by atoms with Crippen molar-refractivity contribution in [2.24, 2.45) is 4.99 Å². The summed E-state index contributed by atoms with van der Waals surface area (Å²) in [7, 11) is 3.14. The summed E-state index contributed by atoms with van der Waals surface area (Å²) in [6, 6.07) is 18.0. The van der Waals surface area contributed by atoms with Crippen molar-refractivity contribution in [2.75, 3.05) is 19.5 Å². The number of amides is 1. The minimum Gasteiger partial charge on any atom is -0.497 e. The first-order chi connectivity index (χ1) is 16.4. The van der Waals surface area contributed by atoms with Crippen LogP contribution in [0.2, 0.25) is 0 Å². The highest BCUT2D eigenvalue weighted by Crippen LogP contribution is 2.27. The number of ether oxygens (including phenoxy) is 3. The van der Waals surface area contributed by atoms with Crippen molar-refractivity contribution in [3.8, 4) is 17.2 Å². The number of nitrogens with one attached hydrogen (secondary N) is 1. The van der Waals surface area contributed by atoms with E-state index in [4.69, 9.17) is 14.2 Å². The van der Waals surface area contributed by atoms with Crippen LogP contribution in [0.5, 0.6) is 17.2 Å². The van der Waals surface area contributed by atoms with Gasteiger partial charge < -0.3 is 19.5 Å². The van der Waals surface area contributed by atoms with E-state index in [0.29, 0.717) is 22.7 Å². The van der Waals surface area contributed by atoms with Gasteiger partial charge in [0.1, 0.15) is 17.2 Å². The largest absolute Gasteiger partial charge is 0.497 e. The van der Waals surface area contributed by atoms with E-state index >= 15 is 0 Å². The first kappa shape index (κ1) is 24.3. The number of benzene rings is 3. The number of methoxy groups -OCH3 is 2. The van der Waals surface area contributed by atoms with Crippen LogP contribution >= 0.6 is 0 Å². The van der Waals surface area contributed by atoms with Crippen LogP contribution in [0.1, 0.15) is 23.6 Å². The van der Waals surface area contributed by atoms with E-state index in [1.807, 2.05) is 31.2 Å². The zero-order chi connectivity index (χ0) is 24.5. The number of aryl methyl sites for hydroxylation is 1. The first-order valence-electron chi connectivity index (χ1n) is 10.5. The lowest BCUT2D eigenvalue weighted by Gasteiger charge is -2.09. The summed E-state index contributed by atoms with van der Waals surface area (Å²) >= 11 is 0. The molecule has 0 spiro atoms. The molecule has 0 heterocycles. The molecule has 0 radical (unpaired) electrons. The van der Waals surface area contributed by atoms with Gasteiger partial charge in [-0.3, -0.25) is 9.79 Å². The SMILES string of the molecule is COc1ccc(C=Nc2ccc(OC(=O)/C=C/c3ccc(OC)c(NC(C)=O)c3)cc2C)cc1. The quantitative estimate of drug-likeness (QED) is 0.213. The predicted molar refractivity (Wildman–Crippen MR) is 133 cm³/mol. The van der Waals surface area contributed by atoms with Crippen LogP contribution in [0.15, 0.2) is 71.7 Å². The summed E-state index contributed by atoms with van der Waals surface area (Å²) < 4.78 is 15.8. The van der Waals surface area contributed by atoms with Crippen molar-refractivity contribution >= 4 is 35.5 Å². The lowest BCUT2D eigenvalue weighted by molar-refractivity contribution is -0.128. The molecule has 34 heavy (non-hydrogen) atoms. The van der Waals surface area contributed by atoms with Gasteiger partial charge in [0, 0.05) is 19.2 Å². The van der Waals surface area contributed by atoms with Gasteiger partial charge in [-0.15, -0.1) is 0 Å². The average molecular weight is 459 g/mol. The Hall–Kier alpha value is -4.39. The van der Waals surface area contributed by atoms with Gasteiger partial charge in [-0.05, 0) is 84.3 Å². The highest BCUT2D eigenvalue weighted by atomic mass is 16.5. The minimum atomic E-state index is -0.522. The van der Waals surface area contributed by atoms with Crippen LogP contribution in [0, 0.1) is 6.92 Å². The van der Waals surface area contributed by atoms with Crippen LogP contribution < -0.4 is 19.5 Å². The molecule has 0 aliphatic heterocycles. The normalized spacial score (nSPS) is 10.9. The number of carbonyl (C=O) groups excluding carboxylic acids is 2. The highest BCUT2D eigenvalue weighted by Gasteiger charge is 2.07. The van der Waals surface area contributed by atoms with E-state index < -0.39 is 5.97 Å². The number of rotatable bonds is 8. The van der Waals surface area contributed by atoms with Crippen LogP contribution in [-0.4, -0.2) is 32.3 Å². The highest BCUT2D eigenvalue weighted by molar-refractivity contribution is 5.92. The molecule has 174 valence electrons. The Kier molecular flexibility index (Phi) is 8.18. The Bertz CT molecular complexity index is 1230. The number of anilines is 1. The Morgan fingerprint density at radius 2 is 1.59 bits per heavy atom. The second-order valence-electron chi connectivity index (χ2n) is 7.37. The Labute approximate surface area is 198 Å². The van der Waals surface area contributed by atoms with Gasteiger partial charge >= 0.3 is 5.97 Å². The van der Waals surface area contributed by atoms with E-state index in [0.717, 1.165) is 22.6 Å². The maximum atomic E-state index is 12.3. The van der Waals surface area contributed by atoms with Gasteiger partial charge in [0.25, 0.3) is 0 Å². The number of aliphatic imine (C=N–C) groups is 1. The monoisotopic (exact) mass is 458 g/mol. The molecule has 0 saturated carbocycles. The van der Waals surface area contributed by atoms with Crippen molar-refractivity contribution in [2.45, 2.75) is 13.8 Å². The lowest BCUT2D eigenvalue weighted by Crippen LogP contribution is -2.07. The molecule has 0 saturated heterocycles. The fourth-order valence-corrected chi connectivity index (χ4v) is 3.10. The summed E-state index contributed by atoms with van der Waals surface area (Å²) in [6.07, 6.45) is 4.69. The van der Waals surface area contributed by atoms with E-state index in [9.17, 15) is 9.59 Å². The van der Waals surface area contributed by atoms with Gasteiger partial charge in [-0.2, -0.15) is 0 Å². The van der Waals surface area contributed by atoms with Crippen LogP contribution in [0.25, 0.3) is 6.08 Å². The fourth-order valence-electron chi connectivity index (χ4n) is 3.10. The Morgan fingerprint density at radius 1 is 0.882 bits per heavy atom. The minimum absolute atomic E-state index is 0.217. The molecule has 0 aliphatic carbocycles. The second-order valence-corrected chi connectivity index (χ2v) is 7.37. The van der Waals surface area contributed by atoms with Crippen molar-refractivity contribution in [3.05, 3.63) is 83.4 Å². The number of nitrogens with zero attached hydrogens (tertiary/aromatic N) is 1. The third kappa shape index (κ3) is 6.80. The summed E-state index contributed by atoms with van der Waals surface area (Å²) in [5.41, 5.74) is 3.82. The first-order valence-corrected chi connectivity index (χ1v) is 10.5. The zero-order valence-corrected chi connectivity index (χ0v) is 19.5. The standard InChI is InChI=1S/C27H26N2O5/c1-18-15-23(11-12-24(18)28-17-21-5-9-22(32-3)10-6-21)34-27(31)14-8-20-7-13-26(33-4)25(16-20)29-19(2)30/h5-17H,1-4H3,(H,29,30)/b14-8+,28-17?. The van der Waals surface area contributed by atoms with Crippen LogP contribution in [-0.2, 0) is 9.59 Å². The van der Waals surface area contributed by atoms with E-state index in [1.54, 1.807) is 55.8 Å². The van der Waals surface area contributed by atoms with Gasteiger partial charge in [-0.1, -0.05) is 6.07 Å². The van der Waals surface area contributed by atoms with E-state index in [-0.39, 0.29) is 5.91 Å². The smallest absolute Gasteiger partial charge is 0.336 e. The maximum absolute atomic E-state index is 12.3. The van der Waals surface area contributed by atoms with Crippen molar-refractivity contribution in [1.82, 2.24) is 0 Å². The summed E-state index contributed by atoms with van der Waals surface area (Å²) in [5.74, 6) is 0.995. The number of esters is 1. The molecule has 3 aromatic rings. The molecule has 0 aliphatic rings. The summed E-state index contributed by atoms with van der Waals surface area (Å²) in [4.78, 5) is 28.2. The van der Waals surface area contributed by atoms with E-state index in [1.165, 1.54) is 20.1 Å². The lowest BCUT2D eigenvalue weighted by atomic mass is 10.1. The zero-order valence-electron chi connectivity index (χ0n) is 19.5. The third-order valence-electron chi connectivity index (χ3n) is 4.80. The molecule has 0 fully saturated rings. The van der Waals surface area contributed by atoms with Gasteiger partial charge in [0.2, 0.25) is 5.91 Å². The molecule has 0 aromatic heterocycles. The molecule has 7 heteroatoms. The third-order valence-corrected chi connectivity index (χ3v) is 4.80. The topological polar surface area (TPSA) is 86.2 Å². The van der Waals surface area contributed by atoms with E-state index in [2.05, 4.69) is 10.3 Å². The van der Waals surface area contributed by atoms with Gasteiger partial charge in [-0.25, -0.2) is 4.79 Å². The molecular weight excluding hydrogens is 432 g/mol. The van der Waals surface area contributed by atoms with Crippen LogP contribution in [0.3, 0.4) is 0 Å². The van der Waals surface area contributed by atoms with Crippen LogP contribution in [0.4, 0.5) is 11.4 Å². The Morgan fingerprint density at radius 3 is 2.24 bits per heavy atom. The molecule has 0 unspecified atom stereocenters. The fraction of sp³-hybridized carbons (Fsp3) is 0.148. The second kappa shape index (κ2) is 11.5. The maximum Gasteiger partial charge on any atom is 0.336 e. The molecular formula is C27H26N2O5. The molecule has 3 aromatic carbocycles. The molecule has 0 atom stereocenters. The number of hydrogen-bond donors (Lipinski definition) is 1. The average Bonchev–Trinajstić information content (AvgIpc) is 2.82. The van der Waals surface area contributed by atoms with Gasteiger partial charge in [0.15, 0.2) is 0 Å². The van der Waals surface area contributed by atoms with Crippen molar-refractivity contribution in [3.63, 3.8) is 0 Å². The summed E-state index contributed by atoms with van der Waals surface area (Å²) in [6.45, 7) is 3.31.